The number of guanidine groups is 1. The summed E-state index contributed by atoms with van der Waals surface area (Å²) in [5.41, 5.74) is 1.18. The Morgan fingerprint density at radius 1 is 1.36 bits per heavy atom. The van der Waals surface area contributed by atoms with Crippen molar-refractivity contribution in [2.75, 3.05) is 13.6 Å². The number of halogens is 2. The molecule has 0 atom stereocenters. The topological polar surface area (TPSA) is 75.3 Å². The van der Waals surface area contributed by atoms with E-state index < -0.39 is 0 Å². The number of hydrogen-bond acceptors (Lipinski definition) is 4. The van der Waals surface area contributed by atoms with E-state index in [1.807, 2.05) is 24.3 Å². The van der Waals surface area contributed by atoms with E-state index >= 15 is 0 Å². The molecule has 1 aromatic carbocycles. The van der Waals surface area contributed by atoms with Crippen LogP contribution in [0.3, 0.4) is 0 Å². The highest BCUT2D eigenvalue weighted by molar-refractivity contribution is 14.0. The summed E-state index contributed by atoms with van der Waals surface area (Å²) in [5.74, 6) is 1.85. The zero-order valence-electron chi connectivity index (χ0n) is 12.5. The fraction of sp³-hybridized carbons (Fsp3) is 0.357. The molecule has 0 amide bonds. The molecule has 0 aliphatic heterocycles. The van der Waals surface area contributed by atoms with Crippen molar-refractivity contribution in [3.8, 4) is 0 Å². The minimum atomic E-state index is 0. The highest BCUT2D eigenvalue weighted by atomic mass is 127. The molecule has 0 aliphatic rings. The van der Waals surface area contributed by atoms with Gasteiger partial charge in [0.2, 0.25) is 5.89 Å². The molecule has 2 rings (SSSR count). The molecule has 0 spiro atoms. The third-order valence-corrected chi connectivity index (χ3v) is 3.04. The summed E-state index contributed by atoms with van der Waals surface area (Å²) in [5, 5.41) is 10.9. The molecule has 0 radical (unpaired) electrons. The Bertz CT molecular complexity index is 617. The summed E-state index contributed by atoms with van der Waals surface area (Å²) in [4.78, 5) is 8.26. The van der Waals surface area contributed by atoms with Crippen molar-refractivity contribution in [1.29, 1.82) is 0 Å². The predicted octanol–water partition coefficient (Wildman–Crippen LogP) is 2.56. The molecule has 0 saturated heterocycles. The number of aromatic nitrogens is 2. The first kappa shape index (κ1) is 18.7. The summed E-state index contributed by atoms with van der Waals surface area (Å²) < 4.78 is 4.91. The number of aryl methyl sites for hydroxylation is 1. The first-order chi connectivity index (χ1) is 10.2. The molecule has 0 fully saturated rings. The number of rotatable bonds is 5. The van der Waals surface area contributed by atoms with Gasteiger partial charge in [0.15, 0.2) is 11.8 Å². The minimum absolute atomic E-state index is 0. The summed E-state index contributed by atoms with van der Waals surface area (Å²) in [7, 11) is 1.72. The fourth-order valence-electron chi connectivity index (χ4n) is 1.81. The number of benzene rings is 1. The summed E-state index contributed by atoms with van der Waals surface area (Å²) >= 11 is 5.95. The second-order valence-electron chi connectivity index (χ2n) is 4.46. The molecule has 8 heteroatoms. The Morgan fingerprint density at radius 2 is 2.18 bits per heavy atom. The van der Waals surface area contributed by atoms with Gasteiger partial charge in [-0.05, 0) is 24.1 Å². The van der Waals surface area contributed by atoms with E-state index in [9.17, 15) is 0 Å². The van der Waals surface area contributed by atoms with Crippen LogP contribution in [0.5, 0.6) is 0 Å². The quantitative estimate of drug-likeness (QED) is 0.429. The number of aliphatic imine (C=N–C) groups is 1. The molecule has 1 aromatic heterocycles. The molecule has 2 N–H and O–H groups in total. The second-order valence-corrected chi connectivity index (χ2v) is 4.90. The van der Waals surface area contributed by atoms with Crippen LogP contribution in [-0.4, -0.2) is 29.7 Å². The van der Waals surface area contributed by atoms with Crippen LogP contribution in [-0.2, 0) is 13.0 Å². The predicted molar refractivity (Wildman–Crippen MR) is 97.8 cm³/mol. The lowest BCUT2D eigenvalue weighted by Crippen LogP contribution is -2.38. The van der Waals surface area contributed by atoms with Gasteiger partial charge < -0.3 is 15.2 Å². The maximum Gasteiger partial charge on any atom is 0.223 e. The van der Waals surface area contributed by atoms with Crippen LogP contribution in [0.2, 0.25) is 5.02 Å². The van der Waals surface area contributed by atoms with Gasteiger partial charge in [-0.15, -0.1) is 24.0 Å². The molecule has 22 heavy (non-hydrogen) atoms. The first-order valence-corrected chi connectivity index (χ1v) is 7.03. The average Bonchev–Trinajstić information content (AvgIpc) is 2.88. The summed E-state index contributed by atoms with van der Waals surface area (Å²) in [6.45, 7) is 2.98. The largest absolute Gasteiger partial charge is 0.356 e. The maximum atomic E-state index is 5.95. The zero-order valence-corrected chi connectivity index (χ0v) is 15.6. The van der Waals surface area contributed by atoms with Gasteiger partial charge in [0.05, 0.1) is 6.54 Å². The van der Waals surface area contributed by atoms with Crippen LogP contribution < -0.4 is 10.6 Å². The summed E-state index contributed by atoms with van der Waals surface area (Å²) in [6.07, 6.45) is 0.864. The second kappa shape index (κ2) is 9.62. The third-order valence-electron chi connectivity index (χ3n) is 2.80. The van der Waals surface area contributed by atoms with Gasteiger partial charge in [0.1, 0.15) is 0 Å². The van der Waals surface area contributed by atoms with Crippen molar-refractivity contribution in [3.63, 3.8) is 0 Å². The molecule has 6 nitrogen and oxygen atoms in total. The molecule has 1 heterocycles. The van der Waals surface area contributed by atoms with Crippen molar-refractivity contribution in [2.24, 2.45) is 4.99 Å². The van der Waals surface area contributed by atoms with Crippen molar-refractivity contribution in [3.05, 3.63) is 46.6 Å². The van der Waals surface area contributed by atoms with Crippen LogP contribution in [0.4, 0.5) is 0 Å². The third kappa shape index (κ3) is 6.18. The van der Waals surface area contributed by atoms with E-state index in [1.165, 1.54) is 5.56 Å². The first-order valence-electron chi connectivity index (χ1n) is 6.65. The Balaban J connectivity index is 0.00000242. The Labute approximate surface area is 151 Å². The van der Waals surface area contributed by atoms with E-state index in [1.54, 1.807) is 14.0 Å². The minimum Gasteiger partial charge on any atom is -0.356 e. The standard InChI is InChI=1S/C14H18ClN5O.HI/c1-10-19-13(20-21-10)9-18-14(16-2)17-7-6-11-4-3-5-12(15)8-11;/h3-5,8H,6-7,9H2,1-2H3,(H2,16,17,18);1H. The number of hydrogen-bond donors (Lipinski definition) is 2. The van der Waals surface area contributed by atoms with E-state index in [2.05, 4.69) is 25.8 Å². The lowest BCUT2D eigenvalue weighted by molar-refractivity contribution is 0.387. The number of nitrogens with zero attached hydrogens (tertiary/aromatic N) is 3. The van der Waals surface area contributed by atoms with Crippen molar-refractivity contribution in [1.82, 2.24) is 20.8 Å². The van der Waals surface area contributed by atoms with Crippen molar-refractivity contribution >= 4 is 41.5 Å². The molecule has 120 valence electrons. The van der Waals surface area contributed by atoms with Crippen LogP contribution >= 0.6 is 35.6 Å². The summed E-state index contributed by atoms with van der Waals surface area (Å²) in [6, 6.07) is 7.82. The van der Waals surface area contributed by atoms with Gasteiger partial charge in [-0.2, -0.15) is 4.98 Å². The monoisotopic (exact) mass is 435 g/mol. The Hall–Kier alpha value is -1.35. The molecule has 0 bridgehead atoms. The van der Waals surface area contributed by atoms with Crippen LogP contribution in [0, 0.1) is 6.92 Å². The van der Waals surface area contributed by atoms with E-state index in [-0.39, 0.29) is 24.0 Å². The molecule has 0 unspecified atom stereocenters. The lowest BCUT2D eigenvalue weighted by Gasteiger charge is -2.10. The number of nitrogens with one attached hydrogen (secondary N) is 2. The SMILES string of the molecule is CN=C(NCCc1cccc(Cl)c1)NCc1noc(C)n1.I. The molecular formula is C14H19ClIN5O. The van der Waals surface area contributed by atoms with E-state index in [4.69, 9.17) is 16.1 Å². The Morgan fingerprint density at radius 3 is 2.82 bits per heavy atom. The van der Waals surface area contributed by atoms with Crippen LogP contribution in [0.25, 0.3) is 0 Å². The van der Waals surface area contributed by atoms with Gasteiger partial charge in [-0.25, -0.2) is 0 Å². The van der Waals surface area contributed by atoms with Crippen LogP contribution in [0.1, 0.15) is 17.3 Å². The van der Waals surface area contributed by atoms with Crippen molar-refractivity contribution in [2.45, 2.75) is 19.9 Å². The highest BCUT2D eigenvalue weighted by Gasteiger charge is 2.03. The maximum absolute atomic E-state index is 5.95. The van der Waals surface area contributed by atoms with Gasteiger partial charge in [0, 0.05) is 25.5 Å². The van der Waals surface area contributed by atoms with E-state index in [0.717, 1.165) is 18.0 Å². The van der Waals surface area contributed by atoms with Gasteiger partial charge in [-0.3, -0.25) is 4.99 Å². The van der Waals surface area contributed by atoms with Gasteiger partial charge >= 0.3 is 0 Å². The van der Waals surface area contributed by atoms with Gasteiger partial charge in [0.25, 0.3) is 0 Å². The molecule has 0 saturated carbocycles. The van der Waals surface area contributed by atoms with E-state index in [0.29, 0.717) is 24.2 Å². The normalized spacial score (nSPS) is 11.0. The van der Waals surface area contributed by atoms with Crippen LogP contribution in [0.15, 0.2) is 33.8 Å². The van der Waals surface area contributed by atoms with Crippen molar-refractivity contribution < 1.29 is 4.52 Å². The fourth-order valence-corrected chi connectivity index (χ4v) is 2.03. The lowest BCUT2D eigenvalue weighted by atomic mass is 10.1. The zero-order chi connectivity index (χ0) is 15.1. The molecule has 2 aromatic rings. The average molecular weight is 436 g/mol. The molecule has 0 aliphatic carbocycles. The molecular weight excluding hydrogens is 417 g/mol. The Kier molecular flexibility index (Phi) is 8.18. The van der Waals surface area contributed by atoms with Gasteiger partial charge in [-0.1, -0.05) is 28.9 Å². The highest BCUT2D eigenvalue weighted by Crippen LogP contribution is 2.10. The smallest absolute Gasteiger partial charge is 0.223 e.